The lowest BCUT2D eigenvalue weighted by molar-refractivity contribution is -0.119. The van der Waals surface area contributed by atoms with Gasteiger partial charge in [0, 0.05) is 24.7 Å². The summed E-state index contributed by atoms with van der Waals surface area (Å²) in [5.74, 6) is -0.103. The third kappa shape index (κ3) is 1.64. The fourth-order valence-electron chi connectivity index (χ4n) is 2.14. The van der Waals surface area contributed by atoms with Crippen LogP contribution in [0.3, 0.4) is 0 Å². The van der Waals surface area contributed by atoms with Crippen molar-refractivity contribution < 1.29 is 14.3 Å². The minimum atomic E-state index is -0.165. The predicted octanol–water partition coefficient (Wildman–Crippen LogP) is 1.04. The van der Waals surface area contributed by atoms with E-state index in [0.717, 1.165) is 25.9 Å². The zero-order valence-corrected chi connectivity index (χ0v) is 9.58. The maximum atomic E-state index is 12.1. The molecule has 1 aliphatic carbocycles. The molecule has 86 valence electrons. The molecule has 1 saturated heterocycles. The van der Waals surface area contributed by atoms with Crippen molar-refractivity contribution in [3.63, 3.8) is 0 Å². The van der Waals surface area contributed by atoms with Crippen LogP contribution in [0.1, 0.15) is 19.8 Å². The number of rotatable bonds is 2. The smallest absolute Gasteiger partial charge is 0.244 e. The summed E-state index contributed by atoms with van der Waals surface area (Å²) in [7, 11) is 1.43. The van der Waals surface area contributed by atoms with Gasteiger partial charge in [-0.3, -0.25) is 9.59 Å². The number of likely N-dealkylation sites (tertiary alicyclic amines) is 1. The van der Waals surface area contributed by atoms with E-state index in [1.165, 1.54) is 13.2 Å². The number of nitrogens with zero attached hydrogens (tertiary/aromatic N) is 1. The lowest BCUT2D eigenvalue weighted by Crippen LogP contribution is -2.30. The van der Waals surface area contributed by atoms with Crippen LogP contribution in [0.4, 0.5) is 0 Å². The number of allylic oxidation sites excluding steroid dienone is 2. The van der Waals surface area contributed by atoms with Gasteiger partial charge in [0.15, 0.2) is 11.5 Å². The zero-order valence-electron chi connectivity index (χ0n) is 9.58. The number of ether oxygens (including phenoxy) is 1. The van der Waals surface area contributed by atoms with Crippen LogP contribution < -0.4 is 0 Å². The van der Waals surface area contributed by atoms with Gasteiger partial charge in [0.2, 0.25) is 5.78 Å². The van der Waals surface area contributed by atoms with Crippen molar-refractivity contribution in [3.05, 3.63) is 23.1 Å². The number of Topliss-reactive ketones (excluding diaryl/α,β-unsaturated/α-hetero) is 1. The van der Waals surface area contributed by atoms with Crippen molar-refractivity contribution in [1.82, 2.24) is 4.90 Å². The Kier molecular flexibility index (Phi) is 2.81. The van der Waals surface area contributed by atoms with E-state index in [2.05, 4.69) is 0 Å². The van der Waals surface area contributed by atoms with Crippen LogP contribution in [0.25, 0.3) is 0 Å². The van der Waals surface area contributed by atoms with Crippen LogP contribution in [0, 0.1) is 0 Å². The highest BCUT2D eigenvalue weighted by atomic mass is 16.5. The largest absolute Gasteiger partial charge is 0.492 e. The van der Waals surface area contributed by atoms with Crippen molar-refractivity contribution >= 4 is 11.6 Å². The van der Waals surface area contributed by atoms with E-state index in [1.54, 1.807) is 6.92 Å². The van der Waals surface area contributed by atoms with Crippen LogP contribution >= 0.6 is 0 Å². The number of hydrogen-bond donors (Lipinski definition) is 0. The molecule has 0 aromatic heterocycles. The average Bonchev–Trinajstić information content (AvgIpc) is 2.77. The van der Waals surface area contributed by atoms with Gasteiger partial charge in [-0.15, -0.1) is 0 Å². The molecule has 2 rings (SSSR count). The number of carbonyl (C=O) groups is 2. The fourth-order valence-corrected chi connectivity index (χ4v) is 2.14. The first-order valence-electron chi connectivity index (χ1n) is 5.45. The van der Waals surface area contributed by atoms with Crippen molar-refractivity contribution in [2.75, 3.05) is 20.2 Å². The van der Waals surface area contributed by atoms with Gasteiger partial charge in [0.05, 0.1) is 12.8 Å². The summed E-state index contributed by atoms with van der Waals surface area (Å²) in [6, 6.07) is 0. The van der Waals surface area contributed by atoms with E-state index >= 15 is 0 Å². The van der Waals surface area contributed by atoms with Crippen LogP contribution in [0.15, 0.2) is 23.1 Å². The van der Waals surface area contributed by atoms with E-state index in [0.29, 0.717) is 11.3 Å². The first kappa shape index (κ1) is 10.9. The molecule has 0 bridgehead atoms. The molecule has 16 heavy (non-hydrogen) atoms. The van der Waals surface area contributed by atoms with Crippen molar-refractivity contribution in [2.24, 2.45) is 0 Å². The Bertz CT molecular complexity index is 400. The maximum absolute atomic E-state index is 12.1. The normalized spacial score (nSPS) is 21.6. The molecular formula is C12H15NO3. The monoisotopic (exact) mass is 221 g/mol. The van der Waals surface area contributed by atoms with Crippen molar-refractivity contribution in [2.45, 2.75) is 19.8 Å². The first-order chi connectivity index (χ1) is 7.65. The summed E-state index contributed by atoms with van der Waals surface area (Å²) < 4.78 is 5.02. The maximum Gasteiger partial charge on any atom is 0.244 e. The summed E-state index contributed by atoms with van der Waals surface area (Å²) in [5.41, 5.74) is 0.889. The molecule has 0 atom stereocenters. The highest BCUT2D eigenvalue weighted by Gasteiger charge is 2.31. The Morgan fingerprint density at radius 2 is 1.88 bits per heavy atom. The number of methoxy groups -OCH3 is 1. The van der Waals surface area contributed by atoms with Gasteiger partial charge in [0.25, 0.3) is 0 Å². The molecular weight excluding hydrogens is 206 g/mol. The zero-order chi connectivity index (χ0) is 11.7. The molecule has 4 heteroatoms. The van der Waals surface area contributed by atoms with Gasteiger partial charge in [-0.2, -0.15) is 0 Å². The predicted molar refractivity (Wildman–Crippen MR) is 58.6 cm³/mol. The molecule has 0 spiro atoms. The van der Waals surface area contributed by atoms with Gasteiger partial charge in [0.1, 0.15) is 0 Å². The summed E-state index contributed by atoms with van der Waals surface area (Å²) in [5, 5.41) is 0. The minimum Gasteiger partial charge on any atom is -0.492 e. The Hall–Kier alpha value is -1.58. The third-order valence-corrected chi connectivity index (χ3v) is 3.07. The van der Waals surface area contributed by atoms with Gasteiger partial charge in [-0.05, 0) is 19.8 Å². The van der Waals surface area contributed by atoms with Crippen LogP contribution in [-0.2, 0) is 14.3 Å². The van der Waals surface area contributed by atoms with E-state index in [-0.39, 0.29) is 17.3 Å². The van der Waals surface area contributed by atoms with Gasteiger partial charge < -0.3 is 9.64 Å². The Morgan fingerprint density at radius 1 is 1.25 bits per heavy atom. The van der Waals surface area contributed by atoms with Crippen LogP contribution in [0.2, 0.25) is 0 Å². The van der Waals surface area contributed by atoms with Gasteiger partial charge in [-0.25, -0.2) is 0 Å². The SMILES string of the molecule is COC1=C(C)C(=O)C=C(N2CCCC2)C1=O. The quantitative estimate of drug-likeness (QED) is 0.654. The summed E-state index contributed by atoms with van der Waals surface area (Å²) in [6.07, 6.45) is 3.58. The first-order valence-corrected chi connectivity index (χ1v) is 5.45. The molecule has 1 heterocycles. The standard InChI is InChI=1S/C12H15NO3/c1-8-10(14)7-9(11(15)12(8)16-2)13-5-3-4-6-13/h7H,3-6H2,1-2H3. The van der Waals surface area contributed by atoms with Crippen LogP contribution in [-0.4, -0.2) is 36.7 Å². The van der Waals surface area contributed by atoms with Crippen molar-refractivity contribution in [3.8, 4) is 0 Å². The molecule has 1 aliphatic heterocycles. The fraction of sp³-hybridized carbons (Fsp3) is 0.500. The van der Waals surface area contributed by atoms with E-state index in [4.69, 9.17) is 4.74 Å². The Balaban J connectivity index is 2.32. The Morgan fingerprint density at radius 3 is 2.44 bits per heavy atom. The van der Waals surface area contributed by atoms with Gasteiger partial charge in [-0.1, -0.05) is 0 Å². The van der Waals surface area contributed by atoms with Crippen molar-refractivity contribution in [1.29, 1.82) is 0 Å². The van der Waals surface area contributed by atoms with E-state index < -0.39 is 0 Å². The summed E-state index contributed by atoms with van der Waals surface area (Å²) >= 11 is 0. The molecule has 0 radical (unpaired) electrons. The number of hydrogen-bond acceptors (Lipinski definition) is 4. The minimum absolute atomic E-state index is 0.127. The van der Waals surface area contributed by atoms with Crippen LogP contribution in [0.5, 0.6) is 0 Å². The molecule has 1 fully saturated rings. The van der Waals surface area contributed by atoms with E-state index in [1.807, 2.05) is 4.90 Å². The molecule has 2 aliphatic rings. The lowest BCUT2D eigenvalue weighted by Gasteiger charge is -2.24. The number of carbonyl (C=O) groups excluding carboxylic acids is 2. The molecule has 4 nitrogen and oxygen atoms in total. The van der Waals surface area contributed by atoms with Gasteiger partial charge >= 0.3 is 0 Å². The second-order valence-electron chi connectivity index (χ2n) is 4.08. The third-order valence-electron chi connectivity index (χ3n) is 3.07. The molecule has 0 N–H and O–H groups in total. The number of ketones is 2. The van der Waals surface area contributed by atoms with E-state index in [9.17, 15) is 9.59 Å². The summed E-state index contributed by atoms with van der Waals surface area (Å²) in [6.45, 7) is 3.32. The lowest BCUT2D eigenvalue weighted by atomic mass is 10.00. The Labute approximate surface area is 94.6 Å². The summed E-state index contributed by atoms with van der Waals surface area (Å²) in [4.78, 5) is 25.7. The topological polar surface area (TPSA) is 46.6 Å². The highest BCUT2D eigenvalue weighted by Crippen LogP contribution is 2.24. The molecule has 0 saturated carbocycles. The molecule has 0 amide bonds. The highest BCUT2D eigenvalue weighted by molar-refractivity contribution is 6.21. The second-order valence-corrected chi connectivity index (χ2v) is 4.08. The average molecular weight is 221 g/mol. The molecule has 0 aromatic rings. The second kappa shape index (κ2) is 4.12. The molecule has 0 unspecified atom stereocenters. The molecule has 0 aromatic carbocycles.